The molecule has 8 heteroatoms. The second-order valence-electron chi connectivity index (χ2n) is 7.37. The summed E-state index contributed by atoms with van der Waals surface area (Å²) in [5.74, 6) is 1.71. The summed E-state index contributed by atoms with van der Waals surface area (Å²) in [6, 6.07) is 0.239. The number of aliphatic hydroxyl groups is 1. The lowest BCUT2D eigenvalue weighted by molar-refractivity contribution is 0.0734. The monoisotopic (exact) mass is 376 g/mol. The number of rotatable bonds is 3. The van der Waals surface area contributed by atoms with Crippen molar-refractivity contribution in [2.45, 2.75) is 46.3 Å². The molecule has 0 aromatic carbocycles. The Morgan fingerprint density at radius 3 is 2.42 bits per heavy atom. The van der Waals surface area contributed by atoms with Gasteiger partial charge in [-0.3, -0.25) is 4.98 Å². The van der Waals surface area contributed by atoms with Gasteiger partial charge in [-0.25, -0.2) is 4.98 Å². The highest BCUT2D eigenvalue weighted by Gasteiger charge is 2.28. The average molecular weight is 377 g/mol. The fraction of sp³-hybridized carbons (Fsp3) is 0.556. The molecule has 1 aliphatic rings. The molecule has 3 heterocycles. The number of hydrogen-bond donors (Lipinski definition) is 1. The summed E-state index contributed by atoms with van der Waals surface area (Å²) in [4.78, 5) is 13.3. The third-order valence-corrected chi connectivity index (χ3v) is 5.29. The van der Waals surface area contributed by atoms with Crippen molar-refractivity contribution in [2.75, 3.05) is 29.4 Å². The zero-order valence-corrected chi connectivity index (χ0v) is 16.6. The summed E-state index contributed by atoms with van der Waals surface area (Å²) in [5, 5.41) is 18.9. The topological polar surface area (TPSA) is 78.3 Å². The third-order valence-electron chi connectivity index (χ3n) is 4.93. The molecule has 0 bridgehead atoms. The molecule has 26 heavy (non-hydrogen) atoms. The van der Waals surface area contributed by atoms with Crippen LogP contribution < -0.4 is 9.80 Å². The number of nitrogens with zero attached hydrogens (tertiary/aromatic N) is 6. The molecule has 2 aromatic heterocycles. The predicted octanol–water partition coefficient (Wildman–Crippen LogP) is 2.48. The predicted molar refractivity (Wildman–Crippen MR) is 103 cm³/mol. The highest BCUT2D eigenvalue weighted by Crippen LogP contribution is 2.27. The summed E-state index contributed by atoms with van der Waals surface area (Å²) in [6.07, 6.45) is 3.38. The lowest BCUT2D eigenvalue weighted by Crippen LogP contribution is -2.53. The van der Waals surface area contributed by atoms with Gasteiger partial charge in [0.15, 0.2) is 11.0 Å². The fourth-order valence-electron chi connectivity index (χ4n) is 3.14. The van der Waals surface area contributed by atoms with E-state index >= 15 is 0 Å². The van der Waals surface area contributed by atoms with E-state index in [9.17, 15) is 5.11 Å². The molecule has 1 fully saturated rings. The summed E-state index contributed by atoms with van der Waals surface area (Å²) in [6.45, 7) is 12.0. The van der Waals surface area contributed by atoms with Crippen LogP contribution in [0.15, 0.2) is 12.4 Å². The van der Waals surface area contributed by atoms with Crippen molar-refractivity contribution in [3.05, 3.63) is 34.4 Å². The third kappa shape index (κ3) is 3.59. The normalized spacial score (nSPS) is 18.3. The number of aromatic nitrogens is 4. The van der Waals surface area contributed by atoms with Crippen molar-refractivity contribution in [1.29, 1.82) is 0 Å². The van der Waals surface area contributed by atoms with Gasteiger partial charge in [0, 0.05) is 25.7 Å². The Morgan fingerprint density at radius 2 is 1.85 bits per heavy atom. The van der Waals surface area contributed by atoms with E-state index in [0.717, 1.165) is 42.4 Å². The second kappa shape index (κ2) is 6.96. The molecule has 7 nitrogen and oxygen atoms in total. The van der Waals surface area contributed by atoms with Crippen LogP contribution in [0.1, 0.15) is 37.6 Å². The van der Waals surface area contributed by atoms with Gasteiger partial charge in [-0.2, -0.15) is 0 Å². The maximum atomic E-state index is 10.0. The van der Waals surface area contributed by atoms with Crippen LogP contribution in [-0.2, 0) is 5.60 Å². The summed E-state index contributed by atoms with van der Waals surface area (Å²) in [5.41, 5.74) is 1.62. The zero-order valence-electron chi connectivity index (χ0n) is 15.9. The number of hydrogen-bond acceptors (Lipinski definition) is 7. The van der Waals surface area contributed by atoms with Gasteiger partial charge in [-0.05, 0) is 45.7 Å². The summed E-state index contributed by atoms with van der Waals surface area (Å²) in [7, 11) is 0. The van der Waals surface area contributed by atoms with E-state index in [0.29, 0.717) is 10.8 Å². The van der Waals surface area contributed by atoms with E-state index in [1.165, 1.54) is 0 Å². The van der Waals surface area contributed by atoms with E-state index in [1.54, 1.807) is 26.2 Å². The molecule has 1 saturated heterocycles. The Kier molecular flexibility index (Phi) is 5.03. The first-order chi connectivity index (χ1) is 12.2. The Hall–Kier alpha value is -1.99. The van der Waals surface area contributed by atoms with E-state index < -0.39 is 5.60 Å². The maximum Gasteiger partial charge on any atom is 0.155 e. The van der Waals surface area contributed by atoms with Crippen LogP contribution in [0.4, 0.5) is 11.6 Å². The van der Waals surface area contributed by atoms with E-state index in [1.807, 2.05) is 13.8 Å². The molecular formula is C18H25ClN6O. The van der Waals surface area contributed by atoms with Gasteiger partial charge >= 0.3 is 0 Å². The van der Waals surface area contributed by atoms with Gasteiger partial charge in [0.05, 0.1) is 18.1 Å². The second-order valence-corrected chi connectivity index (χ2v) is 7.73. The molecule has 140 valence electrons. The molecule has 0 amide bonds. The van der Waals surface area contributed by atoms with Gasteiger partial charge in [-0.1, -0.05) is 11.6 Å². The molecule has 1 aliphatic heterocycles. The first-order valence-electron chi connectivity index (χ1n) is 8.74. The first-order valence-corrected chi connectivity index (χ1v) is 9.12. The van der Waals surface area contributed by atoms with Crippen molar-refractivity contribution >= 4 is 23.2 Å². The molecule has 2 aromatic rings. The lowest BCUT2D eigenvalue weighted by atomic mass is 10.1. The first kappa shape index (κ1) is 18.8. The van der Waals surface area contributed by atoms with Gasteiger partial charge in [0.25, 0.3) is 0 Å². The quantitative estimate of drug-likeness (QED) is 0.881. The molecule has 0 radical (unpaired) electrons. The molecule has 0 aliphatic carbocycles. The zero-order chi connectivity index (χ0) is 19.1. The highest BCUT2D eigenvalue weighted by atomic mass is 35.5. The minimum Gasteiger partial charge on any atom is -0.384 e. The molecule has 1 atom stereocenters. The maximum absolute atomic E-state index is 10.0. The largest absolute Gasteiger partial charge is 0.384 e. The Bertz CT molecular complexity index is 790. The van der Waals surface area contributed by atoms with Crippen molar-refractivity contribution in [3.63, 3.8) is 0 Å². The van der Waals surface area contributed by atoms with Crippen LogP contribution in [0.3, 0.4) is 0 Å². The molecule has 0 spiro atoms. The Labute approximate surface area is 159 Å². The van der Waals surface area contributed by atoms with Crippen molar-refractivity contribution in [1.82, 2.24) is 20.2 Å². The van der Waals surface area contributed by atoms with Crippen LogP contribution in [0.5, 0.6) is 0 Å². The molecule has 1 N–H and O–H groups in total. The summed E-state index contributed by atoms with van der Waals surface area (Å²) < 4.78 is 0. The standard InChI is InChI=1S/C18H25ClN6O/c1-11-10-24(17-13(3)12(2)16(19)22-23-17)6-7-25(11)15-9-20-14(8-21-15)18(4,5)26/h8-9,11,26H,6-7,10H2,1-5H3. The van der Waals surface area contributed by atoms with Crippen LogP contribution in [-0.4, -0.2) is 50.9 Å². The number of halogens is 1. The van der Waals surface area contributed by atoms with E-state index in [4.69, 9.17) is 11.6 Å². The smallest absolute Gasteiger partial charge is 0.155 e. The minimum atomic E-state index is -0.988. The number of piperazine rings is 1. The van der Waals surface area contributed by atoms with Gasteiger partial charge in [0.1, 0.15) is 11.4 Å². The molecule has 1 unspecified atom stereocenters. The van der Waals surface area contributed by atoms with Crippen molar-refractivity contribution in [2.24, 2.45) is 0 Å². The van der Waals surface area contributed by atoms with Crippen LogP contribution in [0.2, 0.25) is 5.15 Å². The lowest BCUT2D eigenvalue weighted by Gasteiger charge is -2.41. The van der Waals surface area contributed by atoms with Crippen molar-refractivity contribution in [3.8, 4) is 0 Å². The molecular weight excluding hydrogens is 352 g/mol. The molecule has 3 rings (SSSR count). The van der Waals surface area contributed by atoms with Crippen molar-refractivity contribution < 1.29 is 5.11 Å². The van der Waals surface area contributed by atoms with Crippen LogP contribution in [0, 0.1) is 13.8 Å². The SMILES string of the molecule is Cc1c(Cl)nnc(N2CCN(c3cnc(C(C)(C)O)cn3)C(C)C2)c1C. The van der Waals surface area contributed by atoms with Gasteiger partial charge < -0.3 is 14.9 Å². The Balaban J connectivity index is 1.76. The Morgan fingerprint density at radius 1 is 1.12 bits per heavy atom. The summed E-state index contributed by atoms with van der Waals surface area (Å²) >= 11 is 6.07. The minimum absolute atomic E-state index is 0.239. The average Bonchev–Trinajstić information content (AvgIpc) is 2.59. The van der Waals surface area contributed by atoms with E-state index in [-0.39, 0.29) is 6.04 Å². The van der Waals surface area contributed by atoms with Gasteiger partial charge in [0.2, 0.25) is 0 Å². The van der Waals surface area contributed by atoms with Crippen LogP contribution in [0.25, 0.3) is 0 Å². The van der Waals surface area contributed by atoms with Gasteiger partial charge in [-0.15, -0.1) is 10.2 Å². The molecule has 0 saturated carbocycles. The fourth-order valence-corrected chi connectivity index (χ4v) is 3.32. The van der Waals surface area contributed by atoms with Crippen LogP contribution >= 0.6 is 11.6 Å². The highest BCUT2D eigenvalue weighted by molar-refractivity contribution is 6.30. The van der Waals surface area contributed by atoms with E-state index in [2.05, 4.69) is 36.9 Å². The number of anilines is 2.